The highest BCUT2D eigenvalue weighted by molar-refractivity contribution is 7.80. The topological polar surface area (TPSA) is 29.1 Å². The van der Waals surface area contributed by atoms with Crippen LogP contribution in [0.5, 0.6) is 0 Å². The first-order valence-corrected chi connectivity index (χ1v) is 7.84. The highest BCUT2D eigenvalue weighted by atomic mass is 32.1. The molecule has 1 fully saturated rings. The minimum absolute atomic E-state index is 0.126. The Balaban J connectivity index is 1.87. The normalized spacial score (nSPS) is 22.6. The quantitative estimate of drug-likeness (QED) is 0.801. The first kappa shape index (κ1) is 15.4. The third-order valence-electron chi connectivity index (χ3n) is 4.09. The van der Waals surface area contributed by atoms with Crippen molar-refractivity contribution in [3.05, 3.63) is 29.6 Å². The summed E-state index contributed by atoms with van der Waals surface area (Å²) in [5.41, 5.74) is 0.479. The maximum Gasteiger partial charge on any atom is 0.251 e. The molecule has 1 N–H and O–H groups in total. The van der Waals surface area contributed by atoms with Gasteiger partial charge < -0.3 is 5.32 Å². The summed E-state index contributed by atoms with van der Waals surface area (Å²) in [7, 11) is 0. The summed E-state index contributed by atoms with van der Waals surface area (Å²) in [5, 5.41) is 3.05. The summed E-state index contributed by atoms with van der Waals surface area (Å²) in [6, 6.07) is 4.53. The van der Waals surface area contributed by atoms with E-state index in [9.17, 15) is 9.18 Å². The average Bonchev–Trinajstić information content (AvgIpc) is 2.44. The maximum atomic E-state index is 13.1. The molecule has 0 bridgehead atoms. The van der Waals surface area contributed by atoms with Crippen molar-refractivity contribution in [2.75, 3.05) is 0 Å². The zero-order valence-electron chi connectivity index (χ0n) is 11.9. The molecule has 0 heterocycles. The highest BCUT2D eigenvalue weighted by Crippen LogP contribution is 2.28. The third kappa shape index (κ3) is 3.98. The molecule has 1 amide bonds. The Kier molecular flexibility index (Phi) is 5.46. The van der Waals surface area contributed by atoms with Crippen LogP contribution >= 0.6 is 12.6 Å². The minimum atomic E-state index is -0.398. The van der Waals surface area contributed by atoms with Crippen molar-refractivity contribution in [2.24, 2.45) is 5.92 Å². The van der Waals surface area contributed by atoms with E-state index in [-0.39, 0.29) is 16.8 Å². The van der Waals surface area contributed by atoms with Crippen molar-refractivity contribution in [1.82, 2.24) is 5.32 Å². The van der Waals surface area contributed by atoms with Gasteiger partial charge in [0, 0.05) is 16.5 Å². The lowest BCUT2D eigenvalue weighted by Gasteiger charge is -2.29. The van der Waals surface area contributed by atoms with Gasteiger partial charge in [-0.25, -0.2) is 4.39 Å². The van der Waals surface area contributed by atoms with Gasteiger partial charge in [0.15, 0.2) is 0 Å². The molecule has 0 aromatic heterocycles. The molecule has 1 aromatic rings. The largest absolute Gasteiger partial charge is 0.349 e. The van der Waals surface area contributed by atoms with Crippen LogP contribution < -0.4 is 5.32 Å². The van der Waals surface area contributed by atoms with E-state index in [1.165, 1.54) is 43.9 Å². The predicted molar refractivity (Wildman–Crippen MR) is 81.8 cm³/mol. The molecule has 1 aliphatic carbocycles. The molecule has 0 radical (unpaired) electrons. The van der Waals surface area contributed by atoms with Crippen LogP contribution in [0.3, 0.4) is 0 Å². The molecule has 0 atom stereocenters. The summed E-state index contributed by atoms with van der Waals surface area (Å²) in [5.74, 6) is 0.298. The Morgan fingerprint density at radius 3 is 2.65 bits per heavy atom. The average molecular weight is 295 g/mol. The number of thiol groups is 1. The fraction of sp³-hybridized carbons (Fsp3) is 0.562. The van der Waals surface area contributed by atoms with Crippen LogP contribution in [0.1, 0.15) is 55.8 Å². The number of hydrogen-bond acceptors (Lipinski definition) is 2. The highest BCUT2D eigenvalue weighted by Gasteiger charge is 2.22. The fourth-order valence-corrected chi connectivity index (χ4v) is 3.14. The summed E-state index contributed by atoms with van der Waals surface area (Å²) in [4.78, 5) is 12.3. The second-order valence-corrected chi connectivity index (χ2v) is 6.13. The van der Waals surface area contributed by atoms with E-state index < -0.39 is 5.82 Å². The molecule has 1 saturated carbocycles. The molecule has 2 nitrogen and oxygen atoms in total. The predicted octanol–water partition coefficient (Wildman–Crippen LogP) is 4.20. The smallest absolute Gasteiger partial charge is 0.251 e. The number of hydrogen-bond donors (Lipinski definition) is 2. The van der Waals surface area contributed by atoms with E-state index >= 15 is 0 Å². The van der Waals surface area contributed by atoms with Crippen LogP contribution in [0, 0.1) is 11.7 Å². The van der Waals surface area contributed by atoms with Crippen LogP contribution in [-0.2, 0) is 0 Å². The van der Waals surface area contributed by atoms with Gasteiger partial charge in [0.05, 0.1) is 0 Å². The van der Waals surface area contributed by atoms with E-state index in [0.717, 1.165) is 18.8 Å². The Morgan fingerprint density at radius 1 is 1.35 bits per heavy atom. The van der Waals surface area contributed by atoms with Gasteiger partial charge in [0.1, 0.15) is 5.82 Å². The van der Waals surface area contributed by atoms with Crippen LogP contribution in [0.4, 0.5) is 4.39 Å². The van der Waals surface area contributed by atoms with Crippen LogP contribution in [0.2, 0.25) is 0 Å². The maximum absolute atomic E-state index is 13.1. The monoisotopic (exact) mass is 295 g/mol. The first-order valence-electron chi connectivity index (χ1n) is 7.39. The van der Waals surface area contributed by atoms with Crippen molar-refractivity contribution >= 4 is 18.5 Å². The van der Waals surface area contributed by atoms with Crippen molar-refractivity contribution in [3.63, 3.8) is 0 Å². The number of carbonyl (C=O) groups excluding carboxylic acids is 1. The molecular weight excluding hydrogens is 273 g/mol. The first-order chi connectivity index (χ1) is 9.60. The van der Waals surface area contributed by atoms with Crippen molar-refractivity contribution in [1.29, 1.82) is 0 Å². The van der Waals surface area contributed by atoms with E-state index in [2.05, 4.69) is 24.9 Å². The molecule has 4 heteroatoms. The second-order valence-electron chi connectivity index (χ2n) is 5.65. The van der Waals surface area contributed by atoms with Crippen molar-refractivity contribution in [3.8, 4) is 0 Å². The SMILES string of the molecule is CCCC1CCC(NC(=O)c2ccc(F)c(S)c2)CC1. The standard InChI is InChI=1S/C16H22FNOS/c1-2-3-11-4-7-13(8-5-11)18-16(19)12-6-9-14(17)15(20)10-12/h6,9-11,13,20H,2-5,7-8H2,1H3,(H,18,19). The summed E-state index contributed by atoms with van der Waals surface area (Å²) in [6.45, 7) is 2.22. The van der Waals surface area contributed by atoms with Gasteiger partial charge in [0.25, 0.3) is 5.91 Å². The van der Waals surface area contributed by atoms with Gasteiger partial charge >= 0.3 is 0 Å². The Morgan fingerprint density at radius 2 is 2.05 bits per heavy atom. The van der Waals surface area contributed by atoms with Crippen LogP contribution in [0.15, 0.2) is 23.1 Å². The molecule has 1 aromatic carbocycles. The number of carbonyl (C=O) groups is 1. The van der Waals surface area contributed by atoms with Gasteiger partial charge in [-0.1, -0.05) is 19.8 Å². The molecule has 2 rings (SSSR count). The number of halogens is 1. The molecule has 20 heavy (non-hydrogen) atoms. The van der Waals surface area contributed by atoms with Crippen molar-refractivity contribution < 1.29 is 9.18 Å². The Labute approximate surface area is 125 Å². The van der Waals surface area contributed by atoms with Gasteiger partial charge in [-0.15, -0.1) is 12.6 Å². The lowest BCUT2D eigenvalue weighted by atomic mass is 9.83. The molecule has 110 valence electrons. The zero-order chi connectivity index (χ0) is 14.5. The summed E-state index contributed by atoms with van der Waals surface area (Å²) >= 11 is 4.01. The number of nitrogens with one attached hydrogen (secondary N) is 1. The number of amides is 1. The zero-order valence-corrected chi connectivity index (χ0v) is 12.8. The lowest BCUT2D eigenvalue weighted by Crippen LogP contribution is -2.37. The van der Waals surface area contributed by atoms with E-state index in [1.807, 2.05) is 0 Å². The van der Waals surface area contributed by atoms with E-state index in [0.29, 0.717) is 5.56 Å². The Hall–Kier alpha value is -1.03. The van der Waals surface area contributed by atoms with Crippen LogP contribution in [0.25, 0.3) is 0 Å². The van der Waals surface area contributed by atoms with Gasteiger partial charge in [-0.2, -0.15) is 0 Å². The summed E-state index contributed by atoms with van der Waals surface area (Å²) in [6.07, 6.45) is 7.01. The van der Waals surface area contributed by atoms with Gasteiger partial charge in [-0.3, -0.25) is 4.79 Å². The van der Waals surface area contributed by atoms with E-state index in [1.54, 1.807) is 0 Å². The lowest BCUT2D eigenvalue weighted by molar-refractivity contribution is 0.0921. The third-order valence-corrected chi connectivity index (χ3v) is 4.43. The van der Waals surface area contributed by atoms with Gasteiger partial charge in [0.2, 0.25) is 0 Å². The number of rotatable bonds is 4. The van der Waals surface area contributed by atoms with Gasteiger partial charge in [-0.05, 0) is 49.8 Å². The molecule has 0 saturated heterocycles. The van der Waals surface area contributed by atoms with Crippen molar-refractivity contribution in [2.45, 2.75) is 56.4 Å². The molecule has 0 aliphatic heterocycles. The molecule has 1 aliphatic rings. The van der Waals surface area contributed by atoms with E-state index in [4.69, 9.17) is 0 Å². The molecular formula is C16H22FNOS. The fourth-order valence-electron chi connectivity index (χ4n) is 2.93. The number of benzene rings is 1. The summed E-state index contributed by atoms with van der Waals surface area (Å²) < 4.78 is 13.1. The minimum Gasteiger partial charge on any atom is -0.349 e. The Bertz CT molecular complexity index is 470. The molecule has 0 unspecified atom stereocenters. The molecule has 0 spiro atoms. The van der Waals surface area contributed by atoms with Crippen LogP contribution in [-0.4, -0.2) is 11.9 Å². The second kappa shape index (κ2) is 7.11.